The van der Waals surface area contributed by atoms with E-state index in [4.69, 9.17) is 0 Å². The van der Waals surface area contributed by atoms with E-state index in [-0.39, 0.29) is 24.5 Å². The maximum absolute atomic E-state index is 14.0. The Bertz CT molecular complexity index is 592. The van der Waals surface area contributed by atoms with Crippen LogP contribution >= 0.6 is 0 Å². The van der Waals surface area contributed by atoms with Crippen molar-refractivity contribution in [3.05, 3.63) is 23.6 Å². The van der Waals surface area contributed by atoms with Crippen molar-refractivity contribution in [2.24, 2.45) is 0 Å². The average molecular weight is 318 g/mol. The molecule has 0 saturated heterocycles. The minimum atomic E-state index is -3.23. The van der Waals surface area contributed by atoms with Gasteiger partial charge in [0.25, 0.3) is 5.91 Å². The molecule has 9 heteroatoms. The second-order valence-corrected chi connectivity index (χ2v) is 6.16. The van der Waals surface area contributed by atoms with Crippen molar-refractivity contribution in [3.63, 3.8) is 0 Å². The topological polar surface area (TPSA) is 100 Å². The molecule has 0 unspecified atom stereocenters. The molecule has 0 aliphatic carbocycles. The summed E-state index contributed by atoms with van der Waals surface area (Å²) >= 11 is 0. The number of carbonyl (C=O) groups excluding carboxylic acids is 1. The summed E-state index contributed by atoms with van der Waals surface area (Å²) in [7, 11) is -3.23. The lowest BCUT2D eigenvalue weighted by atomic mass is 10.2. The number of nitrogens with zero attached hydrogens (tertiary/aromatic N) is 1. The molecule has 0 aliphatic heterocycles. The first kappa shape index (κ1) is 17.3. The molecule has 0 bridgehead atoms. The van der Waals surface area contributed by atoms with Gasteiger partial charge in [-0.15, -0.1) is 0 Å². The van der Waals surface area contributed by atoms with Crippen molar-refractivity contribution in [2.45, 2.75) is 13.3 Å². The summed E-state index contributed by atoms with van der Waals surface area (Å²) in [5.41, 5.74) is -0.1000. The van der Waals surface area contributed by atoms with Gasteiger partial charge in [-0.3, -0.25) is 4.79 Å². The second kappa shape index (κ2) is 7.89. The monoisotopic (exact) mass is 318 g/mol. The number of aromatic nitrogens is 1. The predicted molar refractivity (Wildman–Crippen MR) is 78.2 cm³/mol. The van der Waals surface area contributed by atoms with E-state index >= 15 is 0 Å². The SMILES string of the molecule is CCNc1nccc(C(=O)NCCCNS(C)(=O)=O)c1F. The molecule has 7 nitrogen and oxygen atoms in total. The molecular formula is C12H19FN4O3S. The largest absolute Gasteiger partial charge is 0.368 e. The fraction of sp³-hybridized carbons (Fsp3) is 0.500. The third kappa shape index (κ3) is 6.05. The van der Waals surface area contributed by atoms with Gasteiger partial charge in [0, 0.05) is 25.8 Å². The van der Waals surface area contributed by atoms with Crippen molar-refractivity contribution in [1.29, 1.82) is 0 Å². The molecule has 1 rings (SSSR count). The Balaban J connectivity index is 2.51. The van der Waals surface area contributed by atoms with Crippen LogP contribution in [0.25, 0.3) is 0 Å². The highest BCUT2D eigenvalue weighted by Crippen LogP contribution is 2.14. The Kier molecular flexibility index (Phi) is 6.50. The van der Waals surface area contributed by atoms with E-state index in [0.717, 1.165) is 6.26 Å². The first-order valence-corrected chi connectivity index (χ1v) is 8.35. The average Bonchev–Trinajstić information content (AvgIpc) is 2.39. The summed E-state index contributed by atoms with van der Waals surface area (Å²) in [6, 6.07) is 1.29. The summed E-state index contributed by atoms with van der Waals surface area (Å²) in [4.78, 5) is 15.6. The van der Waals surface area contributed by atoms with Gasteiger partial charge in [0.2, 0.25) is 10.0 Å². The van der Waals surface area contributed by atoms with Crippen LogP contribution < -0.4 is 15.4 Å². The number of sulfonamides is 1. The molecule has 0 aromatic carbocycles. The summed E-state index contributed by atoms with van der Waals surface area (Å²) in [5, 5.41) is 5.25. The quantitative estimate of drug-likeness (QED) is 0.600. The van der Waals surface area contributed by atoms with Crippen molar-refractivity contribution < 1.29 is 17.6 Å². The number of amides is 1. The van der Waals surface area contributed by atoms with Gasteiger partial charge in [-0.25, -0.2) is 22.5 Å². The van der Waals surface area contributed by atoms with Gasteiger partial charge in [-0.1, -0.05) is 0 Å². The third-order valence-corrected chi connectivity index (χ3v) is 3.21. The van der Waals surface area contributed by atoms with Crippen LogP contribution in [0.3, 0.4) is 0 Å². The number of hydrogen-bond acceptors (Lipinski definition) is 5. The fourth-order valence-electron chi connectivity index (χ4n) is 1.55. The maximum atomic E-state index is 14.0. The first-order chi connectivity index (χ1) is 9.85. The number of halogens is 1. The van der Waals surface area contributed by atoms with E-state index in [0.29, 0.717) is 13.0 Å². The fourth-order valence-corrected chi connectivity index (χ4v) is 2.07. The molecule has 21 heavy (non-hydrogen) atoms. The van der Waals surface area contributed by atoms with E-state index in [9.17, 15) is 17.6 Å². The van der Waals surface area contributed by atoms with Crippen LogP contribution in [-0.2, 0) is 10.0 Å². The zero-order chi connectivity index (χ0) is 15.9. The van der Waals surface area contributed by atoms with Gasteiger partial charge in [0.15, 0.2) is 11.6 Å². The molecule has 1 heterocycles. The number of anilines is 1. The van der Waals surface area contributed by atoms with Gasteiger partial charge < -0.3 is 10.6 Å². The Morgan fingerprint density at radius 1 is 1.38 bits per heavy atom. The molecule has 0 aliphatic rings. The number of rotatable bonds is 8. The normalized spacial score (nSPS) is 11.2. The van der Waals surface area contributed by atoms with Crippen LogP contribution in [0.1, 0.15) is 23.7 Å². The zero-order valence-electron chi connectivity index (χ0n) is 11.9. The molecule has 0 radical (unpaired) electrons. The number of nitrogens with one attached hydrogen (secondary N) is 3. The molecule has 0 atom stereocenters. The molecule has 0 fully saturated rings. The highest BCUT2D eigenvalue weighted by molar-refractivity contribution is 7.88. The van der Waals surface area contributed by atoms with E-state index in [2.05, 4.69) is 20.3 Å². The van der Waals surface area contributed by atoms with Crippen LogP contribution in [-0.4, -0.2) is 45.2 Å². The third-order valence-electron chi connectivity index (χ3n) is 2.48. The lowest BCUT2D eigenvalue weighted by Gasteiger charge is -2.09. The molecule has 0 saturated carbocycles. The molecule has 0 spiro atoms. The van der Waals surface area contributed by atoms with Crippen molar-refractivity contribution in [2.75, 3.05) is 31.2 Å². The molecule has 3 N–H and O–H groups in total. The van der Waals surface area contributed by atoms with E-state index in [1.54, 1.807) is 6.92 Å². The van der Waals surface area contributed by atoms with Crippen molar-refractivity contribution in [3.8, 4) is 0 Å². The van der Waals surface area contributed by atoms with Crippen LogP contribution in [0.5, 0.6) is 0 Å². The second-order valence-electron chi connectivity index (χ2n) is 4.33. The van der Waals surface area contributed by atoms with Gasteiger partial charge in [0.05, 0.1) is 11.8 Å². The van der Waals surface area contributed by atoms with Gasteiger partial charge in [-0.2, -0.15) is 0 Å². The highest BCUT2D eigenvalue weighted by atomic mass is 32.2. The van der Waals surface area contributed by atoms with Crippen molar-refractivity contribution >= 4 is 21.7 Å². The molecular weight excluding hydrogens is 299 g/mol. The smallest absolute Gasteiger partial charge is 0.254 e. The molecule has 118 valence electrons. The van der Waals surface area contributed by atoms with Gasteiger partial charge in [0.1, 0.15) is 0 Å². The first-order valence-electron chi connectivity index (χ1n) is 6.46. The standard InChI is InChI=1S/C12H19FN4O3S/c1-3-14-11-10(13)9(5-8-15-11)12(18)16-6-4-7-17-21(2,19)20/h5,8,17H,3-4,6-7H2,1-2H3,(H,14,15)(H,16,18). The Hall–Kier alpha value is -1.74. The van der Waals surface area contributed by atoms with Crippen LogP contribution in [0.4, 0.5) is 10.2 Å². The highest BCUT2D eigenvalue weighted by Gasteiger charge is 2.15. The number of hydrogen-bond donors (Lipinski definition) is 3. The Labute approximate surface area is 123 Å². The van der Waals surface area contributed by atoms with E-state index < -0.39 is 21.7 Å². The number of carbonyl (C=O) groups is 1. The van der Waals surface area contributed by atoms with Crippen molar-refractivity contribution in [1.82, 2.24) is 15.0 Å². The van der Waals surface area contributed by atoms with Gasteiger partial charge >= 0.3 is 0 Å². The Morgan fingerprint density at radius 2 is 2.10 bits per heavy atom. The lowest BCUT2D eigenvalue weighted by Crippen LogP contribution is -2.30. The van der Waals surface area contributed by atoms with E-state index in [1.807, 2.05) is 0 Å². The lowest BCUT2D eigenvalue weighted by molar-refractivity contribution is 0.0949. The molecule has 1 amide bonds. The molecule has 1 aromatic rings. The minimum Gasteiger partial charge on any atom is -0.368 e. The summed E-state index contributed by atoms with van der Waals surface area (Å²) in [6.07, 6.45) is 2.81. The van der Waals surface area contributed by atoms with Gasteiger partial charge in [-0.05, 0) is 19.4 Å². The summed E-state index contributed by atoms with van der Waals surface area (Å²) in [6.45, 7) is 2.73. The maximum Gasteiger partial charge on any atom is 0.254 e. The van der Waals surface area contributed by atoms with Crippen LogP contribution in [0.2, 0.25) is 0 Å². The Morgan fingerprint density at radius 3 is 2.71 bits per heavy atom. The predicted octanol–water partition coefficient (Wildman–Crippen LogP) is 0.322. The minimum absolute atomic E-state index is 0.0314. The van der Waals surface area contributed by atoms with Crippen LogP contribution in [0.15, 0.2) is 12.3 Å². The molecule has 1 aromatic heterocycles. The zero-order valence-corrected chi connectivity index (χ0v) is 12.8. The summed E-state index contributed by atoms with van der Waals surface area (Å²) < 4.78 is 37.9. The summed E-state index contributed by atoms with van der Waals surface area (Å²) in [5.74, 6) is -1.23. The van der Waals surface area contributed by atoms with E-state index in [1.165, 1.54) is 12.3 Å². The number of pyridine rings is 1. The van der Waals surface area contributed by atoms with Crippen LogP contribution in [0, 0.1) is 5.82 Å².